The van der Waals surface area contributed by atoms with Crippen LogP contribution in [0.4, 0.5) is 0 Å². The van der Waals surface area contributed by atoms with E-state index in [0.29, 0.717) is 34.5 Å². The second-order valence-electron chi connectivity index (χ2n) is 6.44. The largest absolute Gasteiger partial charge is 0.497 e. The summed E-state index contributed by atoms with van der Waals surface area (Å²) in [6.45, 7) is 2.31. The highest BCUT2D eigenvalue weighted by Gasteiger charge is 2.13. The summed E-state index contributed by atoms with van der Waals surface area (Å²) in [4.78, 5) is 16.7. The number of aryl methyl sites for hydroxylation is 1. The Kier molecular flexibility index (Phi) is 5.19. The van der Waals surface area contributed by atoms with Crippen molar-refractivity contribution < 1.29 is 14.1 Å². The summed E-state index contributed by atoms with van der Waals surface area (Å²) < 4.78 is 12.2. The van der Waals surface area contributed by atoms with Crippen LogP contribution in [0.5, 0.6) is 5.75 Å². The van der Waals surface area contributed by atoms with Crippen molar-refractivity contribution >= 4 is 11.6 Å². The van der Waals surface area contributed by atoms with Gasteiger partial charge in [-0.1, -0.05) is 12.1 Å². The van der Waals surface area contributed by atoms with Gasteiger partial charge in [-0.25, -0.2) is 0 Å². The van der Waals surface area contributed by atoms with Crippen LogP contribution < -0.4 is 10.1 Å². The average Bonchev–Trinajstić information content (AvgIpc) is 3.39. The third kappa shape index (κ3) is 3.93. The van der Waals surface area contributed by atoms with E-state index in [1.54, 1.807) is 35.8 Å². The molecule has 3 aromatic heterocycles. The van der Waals surface area contributed by atoms with Gasteiger partial charge in [0.25, 0.3) is 11.8 Å². The van der Waals surface area contributed by atoms with Crippen molar-refractivity contribution in [2.75, 3.05) is 7.11 Å². The molecule has 9 heteroatoms. The van der Waals surface area contributed by atoms with Gasteiger partial charge in [0.15, 0.2) is 17.3 Å². The maximum atomic E-state index is 12.3. The van der Waals surface area contributed by atoms with Crippen molar-refractivity contribution in [1.82, 2.24) is 30.1 Å². The maximum Gasteiger partial charge on any atom is 0.258 e. The van der Waals surface area contributed by atoms with E-state index in [1.165, 1.54) is 0 Å². The topological polar surface area (TPSA) is 107 Å². The number of nitrogens with zero attached hydrogens (tertiary/aromatic N) is 5. The molecule has 0 fully saturated rings. The van der Waals surface area contributed by atoms with Crippen LogP contribution in [-0.4, -0.2) is 37.8 Å². The van der Waals surface area contributed by atoms with Gasteiger partial charge < -0.3 is 14.6 Å². The third-order valence-electron chi connectivity index (χ3n) is 4.43. The Morgan fingerprint density at radius 2 is 2.03 bits per heavy atom. The fourth-order valence-corrected chi connectivity index (χ4v) is 2.89. The lowest BCUT2D eigenvalue weighted by molar-refractivity contribution is 0.0949. The normalized spacial score (nSPS) is 11.0. The minimum atomic E-state index is -0.199. The quantitative estimate of drug-likeness (QED) is 0.515. The van der Waals surface area contributed by atoms with Gasteiger partial charge in [0.05, 0.1) is 13.7 Å². The molecule has 3 heterocycles. The number of benzene rings is 1. The van der Waals surface area contributed by atoms with Crippen LogP contribution >= 0.6 is 0 Å². The molecular formula is C20H20N6O3. The zero-order valence-corrected chi connectivity index (χ0v) is 16.1. The van der Waals surface area contributed by atoms with E-state index >= 15 is 0 Å². The predicted octanol–water partition coefficient (Wildman–Crippen LogP) is 2.67. The van der Waals surface area contributed by atoms with E-state index in [-0.39, 0.29) is 12.5 Å². The molecular weight excluding hydrogens is 372 g/mol. The Morgan fingerprint density at radius 3 is 2.79 bits per heavy atom. The molecule has 4 rings (SSSR count). The second kappa shape index (κ2) is 8.09. The van der Waals surface area contributed by atoms with E-state index in [1.807, 2.05) is 18.3 Å². The molecule has 0 unspecified atom stereocenters. The van der Waals surface area contributed by atoms with Gasteiger partial charge in [0.2, 0.25) is 0 Å². The first-order valence-corrected chi connectivity index (χ1v) is 9.27. The number of methoxy groups -OCH3 is 1. The molecule has 0 saturated carbocycles. The zero-order valence-electron chi connectivity index (χ0n) is 16.1. The summed E-state index contributed by atoms with van der Waals surface area (Å²) in [7, 11) is 1.58. The molecule has 0 aliphatic carbocycles. The summed E-state index contributed by atoms with van der Waals surface area (Å²) in [6.07, 6.45) is 3.55. The molecule has 0 aliphatic rings. The monoisotopic (exact) mass is 392 g/mol. The molecule has 4 aromatic rings. The summed E-state index contributed by atoms with van der Waals surface area (Å²) in [5, 5.41) is 15.2. The van der Waals surface area contributed by atoms with E-state index in [2.05, 4.69) is 32.6 Å². The minimum absolute atomic E-state index is 0.199. The van der Waals surface area contributed by atoms with Crippen molar-refractivity contribution in [2.45, 2.75) is 26.3 Å². The third-order valence-corrected chi connectivity index (χ3v) is 4.43. The molecule has 1 aromatic carbocycles. The molecule has 0 aliphatic heterocycles. The number of amides is 1. The lowest BCUT2D eigenvalue weighted by Crippen LogP contribution is -2.23. The van der Waals surface area contributed by atoms with Crippen LogP contribution in [0.15, 0.2) is 47.1 Å². The number of hydrogen-bond donors (Lipinski definition) is 1. The van der Waals surface area contributed by atoms with Crippen LogP contribution in [0, 0.1) is 0 Å². The second-order valence-corrected chi connectivity index (χ2v) is 6.44. The lowest BCUT2D eigenvalue weighted by atomic mass is 10.2. The van der Waals surface area contributed by atoms with Gasteiger partial charge in [0, 0.05) is 23.7 Å². The number of nitrogens with one attached hydrogen (secondary N) is 1. The molecule has 29 heavy (non-hydrogen) atoms. The van der Waals surface area contributed by atoms with E-state index in [9.17, 15) is 4.79 Å². The van der Waals surface area contributed by atoms with Gasteiger partial charge in [-0.15, -0.1) is 10.2 Å². The van der Waals surface area contributed by atoms with Crippen molar-refractivity contribution in [3.8, 4) is 17.2 Å². The highest BCUT2D eigenvalue weighted by Crippen LogP contribution is 2.19. The summed E-state index contributed by atoms with van der Waals surface area (Å²) in [6, 6.07) is 10.6. The number of pyridine rings is 1. The standard InChI is InChI=1S/C20H20N6O3/c1-3-4-16-22-20(29-25-16)14-9-10-26-17(11-14)23-24-18(26)12-21-19(27)13-5-7-15(28-2)8-6-13/h5-11H,3-4,12H2,1-2H3,(H,21,27). The number of hydrogen-bond acceptors (Lipinski definition) is 7. The van der Waals surface area contributed by atoms with E-state index < -0.39 is 0 Å². The molecule has 9 nitrogen and oxygen atoms in total. The molecule has 0 saturated heterocycles. The number of aromatic nitrogens is 5. The van der Waals surface area contributed by atoms with Crippen LogP contribution in [0.2, 0.25) is 0 Å². The Hall–Kier alpha value is -3.75. The number of rotatable bonds is 7. The molecule has 0 radical (unpaired) electrons. The SMILES string of the molecule is CCCc1noc(-c2ccn3c(CNC(=O)c4ccc(OC)cc4)nnc3c2)n1. The van der Waals surface area contributed by atoms with Crippen molar-refractivity contribution in [2.24, 2.45) is 0 Å². The molecule has 0 bridgehead atoms. The molecule has 1 N–H and O–H groups in total. The maximum absolute atomic E-state index is 12.3. The minimum Gasteiger partial charge on any atom is -0.497 e. The van der Waals surface area contributed by atoms with Gasteiger partial charge in [-0.05, 0) is 42.8 Å². The number of fused-ring (bicyclic) bond motifs is 1. The van der Waals surface area contributed by atoms with Crippen LogP contribution in [-0.2, 0) is 13.0 Å². The fraction of sp³-hybridized carbons (Fsp3) is 0.250. The first-order chi connectivity index (χ1) is 14.2. The average molecular weight is 392 g/mol. The van der Waals surface area contributed by atoms with E-state index in [0.717, 1.165) is 18.4 Å². The lowest BCUT2D eigenvalue weighted by Gasteiger charge is -2.05. The van der Waals surface area contributed by atoms with Gasteiger partial charge >= 0.3 is 0 Å². The fourth-order valence-electron chi connectivity index (χ4n) is 2.89. The summed E-state index contributed by atoms with van der Waals surface area (Å²) in [5.74, 6) is 2.25. The van der Waals surface area contributed by atoms with E-state index in [4.69, 9.17) is 9.26 Å². The summed E-state index contributed by atoms with van der Waals surface area (Å²) in [5.41, 5.74) is 1.95. The van der Waals surface area contributed by atoms with Crippen molar-refractivity contribution in [3.05, 3.63) is 59.8 Å². The smallest absolute Gasteiger partial charge is 0.258 e. The molecule has 148 valence electrons. The van der Waals surface area contributed by atoms with Crippen LogP contribution in [0.25, 0.3) is 17.1 Å². The van der Waals surface area contributed by atoms with Crippen LogP contribution in [0.3, 0.4) is 0 Å². The Bertz CT molecular complexity index is 1130. The highest BCUT2D eigenvalue weighted by molar-refractivity contribution is 5.94. The molecule has 0 spiro atoms. The Morgan fingerprint density at radius 1 is 1.21 bits per heavy atom. The Labute approximate surface area is 166 Å². The summed E-state index contributed by atoms with van der Waals surface area (Å²) >= 11 is 0. The first-order valence-electron chi connectivity index (χ1n) is 9.27. The number of carbonyl (C=O) groups excluding carboxylic acids is 1. The molecule has 1 amide bonds. The predicted molar refractivity (Wildman–Crippen MR) is 104 cm³/mol. The number of ether oxygens (including phenoxy) is 1. The van der Waals surface area contributed by atoms with Gasteiger partial charge in [0.1, 0.15) is 5.75 Å². The Balaban J connectivity index is 1.47. The highest BCUT2D eigenvalue weighted by atomic mass is 16.5. The first kappa shape index (κ1) is 18.6. The van der Waals surface area contributed by atoms with Crippen LogP contribution in [0.1, 0.15) is 35.4 Å². The van der Waals surface area contributed by atoms with Gasteiger partial charge in [-0.2, -0.15) is 4.98 Å². The number of carbonyl (C=O) groups is 1. The van der Waals surface area contributed by atoms with Gasteiger partial charge in [-0.3, -0.25) is 9.20 Å². The van der Waals surface area contributed by atoms with Crippen molar-refractivity contribution in [1.29, 1.82) is 0 Å². The van der Waals surface area contributed by atoms with Crippen molar-refractivity contribution in [3.63, 3.8) is 0 Å². The molecule has 0 atom stereocenters. The zero-order chi connectivity index (χ0) is 20.2.